The summed E-state index contributed by atoms with van der Waals surface area (Å²) in [7, 11) is 1.29. The number of nitrogen functional groups attached to an aromatic ring is 1. The lowest BCUT2D eigenvalue weighted by molar-refractivity contribution is -0.133. The minimum Gasteiger partial charge on any atom is -0.465 e. The first-order valence-corrected chi connectivity index (χ1v) is 13.9. The van der Waals surface area contributed by atoms with Gasteiger partial charge >= 0.3 is 11.9 Å². The summed E-state index contributed by atoms with van der Waals surface area (Å²) in [6.45, 7) is 10.2. The highest BCUT2D eigenvalue weighted by Crippen LogP contribution is 2.40. The number of nitrogens with two attached hydrogens (primary N) is 1. The highest BCUT2D eigenvalue weighted by Gasteiger charge is 2.38. The number of hydrogen-bond acceptors (Lipinski definition) is 7. The first kappa shape index (κ1) is 28.2. The number of fused-ring (bicyclic) bond motifs is 1. The lowest BCUT2D eigenvalue weighted by Crippen LogP contribution is -2.42. The lowest BCUT2D eigenvalue weighted by Gasteiger charge is -2.23. The zero-order valence-corrected chi connectivity index (χ0v) is 23.9. The molecular formula is C31H34N2O5S. The number of carbonyl (C=O) groups excluding carboxylic acids is 3. The van der Waals surface area contributed by atoms with Crippen molar-refractivity contribution in [2.45, 2.75) is 51.7 Å². The molecule has 0 saturated carbocycles. The van der Waals surface area contributed by atoms with Gasteiger partial charge in [-0.05, 0) is 47.1 Å². The van der Waals surface area contributed by atoms with Gasteiger partial charge in [0.15, 0.2) is 5.69 Å². The molecule has 0 amide bonds. The highest BCUT2D eigenvalue weighted by atomic mass is 32.2. The summed E-state index contributed by atoms with van der Waals surface area (Å²) in [6.07, 6.45) is 1.78. The van der Waals surface area contributed by atoms with Crippen molar-refractivity contribution in [1.29, 1.82) is 0 Å². The molecule has 0 spiro atoms. The Labute approximate surface area is 232 Å². The van der Waals surface area contributed by atoms with E-state index in [1.165, 1.54) is 17.2 Å². The zero-order valence-electron chi connectivity index (χ0n) is 23.1. The summed E-state index contributed by atoms with van der Waals surface area (Å²) in [5.74, 6) is -1.05. The number of rotatable bonds is 7. The Morgan fingerprint density at radius 1 is 0.974 bits per heavy atom. The van der Waals surface area contributed by atoms with E-state index >= 15 is 0 Å². The highest BCUT2D eigenvalue weighted by molar-refractivity contribution is 8.10. The number of esters is 2. The van der Waals surface area contributed by atoms with Crippen molar-refractivity contribution in [2.24, 2.45) is 0 Å². The maximum atomic E-state index is 14.1. The Bertz CT molecular complexity index is 1530. The molecule has 1 unspecified atom stereocenters. The number of ether oxygens (including phenoxy) is 2. The number of anilines is 1. The number of aromatic nitrogens is 1. The Kier molecular flexibility index (Phi) is 8.35. The normalized spacial score (nSPS) is 15.6. The molecule has 1 aliphatic rings. The van der Waals surface area contributed by atoms with Crippen molar-refractivity contribution in [3.8, 4) is 0 Å². The van der Waals surface area contributed by atoms with E-state index in [0.717, 1.165) is 22.9 Å². The fourth-order valence-corrected chi connectivity index (χ4v) is 5.82. The predicted molar refractivity (Wildman–Crippen MR) is 155 cm³/mol. The second kappa shape index (κ2) is 11.5. The van der Waals surface area contributed by atoms with E-state index in [4.69, 9.17) is 15.2 Å². The lowest BCUT2D eigenvalue weighted by atomic mass is 10.0. The molecule has 2 heterocycles. The molecular weight excluding hydrogens is 512 g/mol. The predicted octanol–water partition coefficient (Wildman–Crippen LogP) is 4.73. The van der Waals surface area contributed by atoms with Crippen molar-refractivity contribution in [1.82, 2.24) is 4.57 Å². The van der Waals surface area contributed by atoms with Crippen LogP contribution in [0, 0.1) is 0 Å². The molecule has 204 valence electrons. The van der Waals surface area contributed by atoms with E-state index in [0.29, 0.717) is 22.6 Å². The first-order valence-electron chi connectivity index (χ1n) is 13.0. The van der Waals surface area contributed by atoms with E-state index in [9.17, 15) is 14.4 Å². The standard InChI is InChI=1S/C31H34N2O5S/c1-7-38-30(35)26-24(32)23(16-19-8-10-20(11-9-19)17(2)3)25-28(31(36)37-6)39-27(29(34)33(25)26)22-14-12-21(13-15-22)18(4)5/h8-18,27H,7,32H2,1-6H3/b23-16+. The second-order valence-electron chi connectivity index (χ2n) is 10.0. The van der Waals surface area contributed by atoms with Crippen molar-refractivity contribution >= 4 is 46.3 Å². The van der Waals surface area contributed by atoms with Crippen LogP contribution in [0.25, 0.3) is 11.0 Å². The van der Waals surface area contributed by atoms with Gasteiger partial charge in [-0.25, -0.2) is 9.59 Å². The van der Waals surface area contributed by atoms with E-state index in [1.54, 1.807) is 13.0 Å². The summed E-state index contributed by atoms with van der Waals surface area (Å²) in [5, 5.41) is -0.156. The van der Waals surface area contributed by atoms with Gasteiger partial charge in [-0.15, -0.1) is 0 Å². The van der Waals surface area contributed by atoms with Crippen molar-refractivity contribution in [3.05, 3.63) is 87.0 Å². The molecule has 3 aromatic rings. The van der Waals surface area contributed by atoms with Crippen LogP contribution in [0.3, 0.4) is 0 Å². The van der Waals surface area contributed by atoms with Gasteiger partial charge < -0.3 is 15.2 Å². The molecule has 2 aromatic carbocycles. The van der Waals surface area contributed by atoms with Gasteiger partial charge in [0.2, 0.25) is 5.91 Å². The van der Waals surface area contributed by atoms with Crippen LogP contribution in [0.5, 0.6) is 0 Å². The average Bonchev–Trinajstić information content (AvgIpc) is 3.21. The molecule has 8 heteroatoms. The molecule has 1 atom stereocenters. The molecule has 1 aromatic heterocycles. The van der Waals surface area contributed by atoms with Crippen LogP contribution in [-0.2, 0) is 14.3 Å². The molecule has 1 aliphatic heterocycles. The third-order valence-electron chi connectivity index (χ3n) is 6.80. The third kappa shape index (κ3) is 5.39. The quantitative estimate of drug-likeness (QED) is 0.428. The number of hydrogen-bond donors (Lipinski definition) is 1. The van der Waals surface area contributed by atoms with Crippen LogP contribution in [0.2, 0.25) is 0 Å². The van der Waals surface area contributed by atoms with Gasteiger partial charge in [0.05, 0.1) is 24.8 Å². The van der Waals surface area contributed by atoms with E-state index in [-0.39, 0.29) is 34.1 Å². The van der Waals surface area contributed by atoms with Gasteiger partial charge in [-0.1, -0.05) is 88.0 Å². The van der Waals surface area contributed by atoms with Crippen molar-refractivity contribution in [3.63, 3.8) is 0 Å². The van der Waals surface area contributed by atoms with Gasteiger partial charge in [-0.3, -0.25) is 9.36 Å². The van der Waals surface area contributed by atoms with Crippen molar-refractivity contribution < 1.29 is 23.9 Å². The monoisotopic (exact) mass is 546 g/mol. The number of methoxy groups -OCH3 is 1. The number of carbonyl (C=O) groups is 3. The molecule has 2 N–H and O–H groups in total. The first-order chi connectivity index (χ1) is 18.6. The van der Waals surface area contributed by atoms with Gasteiger partial charge in [0.25, 0.3) is 0 Å². The Morgan fingerprint density at radius 3 is 2.05 bits per heavy atom. The van der Waals surface area contributed by atoms with E-state index < -0.39 is 17.2 Å². The molecule has 7 nitrogen and oxygen atoms in total. The van der Waals surface area contributed by atoms with Crippen LogP contribution in [0.1, 0.15) is 89.2 Å². The fraction of sp³-hybridized carbons (Fsp3) is 0.323. The fourth-order valence-electron chi connectivity index (χ4n) is 4.59. The van der Waals surface area contributed by atoms with Crippen LogP contribution >= 0.6 is 11.8 Å². The van der Waals surface area contributed by atoms with Crippen LogP contribution in [-0.4, -0.2) is 36.1 Å². The second-order valence-corrected chi connectivity index (χ2v) is 11.1. The number of benzene rings is 2. The van der Waals surface area contributed by atoms with Crippen molar-refractivity contribution in [2.75, 3.05) is 19.5 Å². The molecule has 4 rings (SSSR count). The summed E-state index contributed by atoms with van der Waals surface area (Å²) in [6, 6.07) is 15.6. The van der Waals surface area contributed by atoms with Crippen LogP contribution in [0.15, 0.2) is 48.5 Å². The Hall–Kier alpha value is -3.78. The average molecular weight is 547 g/mol. The van der Waals surface area contributed by atoms with Crippen LogP contribution in [0.4, 0.5) is 5.69 Å². The Balaban J connectivity index is 2.01. The SMILES string of the molecule is CCOC(=O)c1c(N)/c(=C\c2ccc(C(C)C)cc2)c2n1C(=O)C(c1ccc(C(C)C)cc1)SC=2C(=O)OC. The summed E-state index contributed by atoms with van der Waals surface area (Å²) in [4.78, 5) is 40.5. The molecule has 0 fully saturated rings. The zero-order chi connectivity index (χ0) is 28.4. The topological polar surface area (TPSA) is 101 Å². The largest absolute Gasteiger partial charge is 0.465 e. The summed E-state index contributed by atoms with van der Waals surface area (Å²) < 4.78 is 11.7. The Morgan fingerprint density at radius 2 is 1.54 bits per heavy atom. The summed E-state index contributed by atoms with van der Waals surface area (Å²) in [5.41, 5.74) is 10.4. The minimum absolute atomic E-state index is 0.0718. The van der Waals surface area contributed by atoms with E-state index in [1.807, 2.05) is 48.5 Å². The molecule has 0 bridgehead atoms. The van der Waals surface area contributed by atoms with Gasteiger partial charge in [0, 0.05) is 5.22 Å². The molecule has 39 heavy (non-hydrogen) atoms. The number of thioether (sulfide) groups is 1. The van der Waals surface area contributed by atoms with E-state index in [2.05, 4.69) is 27.7 Å². The van der Waals surface area contributed by atoms with Gasteiger partial charge in [0.1, 0.15) is 10.2 Å². The van der Waals surface area contributed by atoms with Crippen LogP contribution < -0.4 is 16.3 Å². The third-order valence-corrected chi connectivity index (χ3v) is 8.11. The van der Waals surface area contributed by atoms with Gasteiger partial charge in [-0.2, -0.15) is 0 Å². The maximum absolute atomic E-state index is 14.1. The summed E-state index contributed by atoms with van der Waals surface area (Å²) >= 11 is 1.10. The molecule has 0 saturated heterocycles. The smallest absolute Gasteiger partial charge is 0.357 e. The molecule has 0 aliphatic carbocycles. The maximum Gasteiger partial charge on any atom is 0.357 e. The minimum atomic E-state index is -0.786. The molecule has 0 radical (unpaired) electrons. The number of nitrogens with zero attached hydrogens (tertiary/aromatic N) is 1.